The van der Waals surface area contributed by atoms with Crippen LogP contribution in [0.1, 0.15) is 51.4 Å². The molecule has 136 valence electrons. The predicted octanol–water partition coefficient (Wildman–Crippen LogP) is 4.11. The van der Waals surface area contributed by atoms with Gasteiger partial charge in [0, 0.05) is 11.3 Å². The minimum Gasteiger partial charge on any atom is -0.340 e. The van der Waals surface area contributed by atoms with Crippen LogP contribution in [0.3, 0.4) is 0 Å². The molecule has 1 fully saturated rings. The van der Waals surface area contributed by atoms with Crippen LogP contribution in [0.4, 0.5) is 0 Å². The zero-order chi connectivity index (χ0) is 18.2. The molecule has 0 bridgehead atoms. The van der Waals surface area contributed by atoms with Crippen molar-refractivity contribution in [1.29, 1.82) is 0 Å². The van der Waals surface area contributed by atoms with Crippen molar-refractivity contribution >= 4 is 17.2 Å². The lowest BCUT2D eigenvalue weighted by molar-refractivity contribution is 0.0939. The zero-order valence-corrected chi connectivity index (χ0v) is 15.8. The van der Waals surface area contributed by atoms with E-state index >= 15 is 0 Å². The summed E-state index contributed by atoms with van der Waals surface area (Å²) in [5.41, 5.74) is 5.25. The fraction of sp³-hybridized carbons (Fsp3) is 0.273. The highest BCUT2D eigenvalue weighted by Crippen LogP contribution is 2.43. The molecule has 0 spiro atoms. The molecule has 0 unspecified atom stereocenters. The van der Waals surface area contributed by atoms with Gasteiger partial charge in [-0.15, -0.1) is 11.3 Å². The van der Waals surface area contributed by atoms with Crippen LogP contribution >= 0.6 is 11.3 Å². The van der Waals surface area contributed by atoms with E-state index in [1.807, 2.05) is 29.6 Å². The molecule has 0 radical (unpaired) electrons. The van der Waals surface area contributed by atoms with Gasteiger partial charge in [0.15, 0.2) is 0 Å². The van der Waals surface area contributed by atoms with Gasteiger partial charge < -0.3 is 10.6 Å². The second-order valence-corrected chi connectivity index (χ2v) is 8.07. The summed E-state index contributed by atoms with van der Waals surface area (Å²) in [6.07, 6.45) is 2.19. The highest BCUT2D eigenvalue weighted by molar-refractivity contribution is 7.09. The Balaban J connectivity index is 1.41. The Hall–Kier alpha value is -2.50. The van der Waals surface area contributed by atoms with Gasteiger partial charge >= 0.3 is 0 Å². The third kappa shape index (κ3) is 2.97. The van der Waals surface area contributed by atoms with Gasteiger partial charge in [-0.25, -0.2) is 4.98 Å². The summed E-state index contributed by atoms with van der Waals surface area (Å²) >= 11 is 1.61. The van der Waals surface area contributed by atoms with E-state index in [0.29, 0.717) is 11.6 Å². The SMILES string of the molecule is O=C(NC1c2ccccc2-c2ccccc21)c1csc(C2CCNCC2)n1. The van der Waals surface area contributed by atoms with Crippen molar-refractivity contribution in [3.05, 3.63) is 75.7 Å². The van der Waals surface area contributed by atoms with Crippen LogP contribution in [0.15, 0.2) is 53.9 Å². The summed E-state index contributed by atoms with van der Waals surface area (Å²) in [5.74, 6) is 0.383. The Kier molecular flexibility index (Phi) is 4.26. The van der Waals surface area contributed by atoms with E-state index in [9.17, 15) is 4.79 Å². The molecule has 1 aliphatic carbocycles. The number of rotatable bonds is 3. The van der Waals surface area contributed by atoms with Gasteiger partial charge in [-0.3, -0.25) is 4.79 Å². The number of carbonyl (C=O) groups is 1. The quantitative estimate of drug-likeness (QED) is 0.724. The largest absolute Gasteiger partial charge is 0.340 e. The zero-order valence-electron chi connectivity index (χ0n) is 14.9. The van der Waals surface area contributed by atoms with Gasteiger partial charge in [0.25, 0.3) is 5.91 Å². The summed E-state index contributed by atoms with van der Waals surface area (Å²) in [7, 11) is 0. The number of carbonyl (C=O) groups excluding carboxylic acids is 1. The molecule has 5 rings (SSSR count). The Labute approximate surface area is 162 Å². The second-order valence-electron chi connectivity index (χ2n) is 7.18. The van der Waals surface area contributed by atoms with E-state index in [4.69, 9.17) is 0 Å². The first-order valence-electron chi connectivity index (χ1n) is 9.46. The van der Waals surface area contributed by atoms with Crippen molar-refractivity contribution in [2.45, 2.75) is 24.8 Å². The number of nitrogens with zero attached hydrogens (tertiary/aromatic N) is 1. The molecule has 0 saturated carbocycles. The monoisotopic (exact) mass is 375 g/mol. The number of benzene rings is 2. The van der Waals surface area contributed by atoms with E-state index < -0.39 is 0 Å². The van der Waals surface area contributed by atoms with Gasteiger partial charge in [0.1, 0.15) is 5.69 Å². The van der Waals surface area contributed by atoms with Crippen LogP contribution in [0.25, 0.3) is 11.1 Å². The molecule has 27 heavy (non-hydrogen) atoms. The van der Waals surface area contributed by atoms with Crippen molar-refractivity contribution in [3.8, 4) is 11.1 Å². The molecule has 1 amide bonds. The lowest BCUT2D eigenvalue weighted by Gasteiger charge is -2.20. The van der Waals surface area contributed by atoms with E-state index in [1.165, 1.54) is 11.1 Å². The topological polar surface area (TPSA) is 54.0 Å². The lowest BCUT2D eigenvalue weighted by atomic mass is 9.99. The Morgan fingerprint density at radius 3 is 2.30 bits per heavy atom. The van der Waals surface area contributed by atoms with Gasteiger partial charge in [-0.05, 0) is 48.2 Å². The fourth-order valence-corrected chi connectivity index (χ4v) is 5.14. The number of piperidine rings is 1. The maximum absolute atomic E-state index is 12.9. The molecule has 1 saturated heterocycles. The summed E-state index contributed by atoms with van der Waals surface area (Å²) in [6.45, 7) is 2.06. The number of hydrogen-bond donors (Lipinski definition) is 2. The molecular formula is C22H21N3OS. The number of amides is 1. The van der Waals surface area contributed by atoms with Gasteiger partial charge in [0.2, 0.25) is 0 Å². The normalized spacial score (nSPS) is 16.7. The molecule has 2 aromatic carbocycles. The van der Waals surface area contributed by atoms with Gasteiger partial charge in [-0.1, -0.05) is 48.5 Å². The molecule has 3 aromatic rings. The van der Waals surface area contributed by atoms with Crippen LogP contribution in [0, 0.1) is 0 Å². The average Bonchev–Trinajstić information content (AvgIpc) is 3.34. The summed E-state index contributed by atoms with van der Waals surface area (Å²) < 4.78 is 0. The van der Waals surface area contributed by atoms with E-state index in [2.05, 4.69) is 39.9 Å². The van der Waals surface area contributed by atoms with Gasteiger partial charge in [-0.2, -0.15) is 0 Å². The van der Waals surface area contributed by atoms with Crippen LogP contribution in [-0.2, 0) is 0 Å². The summed E-state index contributed by atoms with van der Waals surface area (Å²) in [6, 6.07) is 16.5. The Morgan fingerprint density at radius 2 is 1.63 bits per heavy atom. The molecule has 0 atom stereocenters. The number of thiazole rings is 1. The van der Waals surface area contributed by atoms with Crippen LogP contribution in [0.5, 0.6) is 0 Å². The van der Waals surface area contributed by atoms with Crippen molar-refractivity contribution in [2.75, 3.05) is 13.1 Å². The third-order valence-corrected chi connectivity index (χ3v) is 6.56. The number of hydrogen-bond acceptors (Lipinski definition) is 4. The maximum atomic E-state index is 12.9. The minimum atomic E-state index is -0.117. The molecular weight excluding hydrogens is 354 g/mol. The number of fused-ring (bicyclic) bond motifs is 3. The molecule has 5 heteroatoms. The Morgan fingerprint density at radius 1 is 1.00 bits per heavy atom. The standard InChI is InChI=1S/C22H21N3OS/c26-21(19-13-27-22(24-19)14-9-11-23-12-10-14)25-20-17-7-3-1-5-15(17)16-6-2-4-8-18(16)20/h1-8,13-14,20,23H,9-12H2,(H,25,26). The predicted molar refractivity (Wildman–Crippen MR) is 108 cm³/mol. The van der Waals surface area contributed by atoms with E-state index in [0.717, 1.165) is 42.1 Å². The lowest BCUT2D eigenvalue weighted by Crippen LogP contribution is -2.29. The minimum absolute atomic E-state index is 0.0945. The average molecular weight is 375 g/mol. The Bertz CT molecular complexity index is 945. The summed E-state index contributed by atoms with van der Waals surface area (Å²) in [4.78, 5) is 17.6. The highest BCUT2D eigenvalue weighted by Gasteiger charge is 2.30. The molecule has 1 aromatic heterocycles. The highest BCUT2D eigenvalue weighted by atomic mass is 32.1. The van der Waals surface area contributed by atoms with E-state index in [-0.39, 0.29) is 11.9 Å². The smallest absolute Gasteiger partial charge is 0.271 e. The van der Waals surface area contributed by atoms with Crippen LogP contribution in [-0.4, -0.2) is 24.0 Å². The first-order chi connectivity index (χ1) is 13.3. The molecule has 2 N–H and O–H groups in total. The number of aromatic nitrogens is 1. The molecule has 2 heterocycles. The number of nitrogens with one attached hydrogen (secondary N) is 2. The first-order valence-corrected chi connectivity index (χ1v) is 10.3. The third-order valence-electron chi connectivity index (χ3n) is 5.55. The van der Waals surface area contributed by atoms with Gasteiger partial charge in [0.05, 0.1) is 11.0 Å². The van der Waals surface area contributed by atoms with Crippen LogP contribution < -0.4 is 10.6 Å². The van der Waals surface area contributed by atoms with Crippen molar-refractivity contribution < 1.29 is 4.79 Å². The molecule has 4 nitrogen and oxygen atoms in total. The van der Waals surface area contributed by atoms with Crippen molar-refractivity contribution in [2.24, 2.45) is 0 Å². The van der Waals surface area contributed by atoms with E-state index in [1.54, 1.807) is 11.3 Å². The fourth-order valence-electron chi connectivity index (χ4n) is 4.16. The van der Waals surface area contributed by atoms with Crippen molar-refractivity contribution in [1.82, 2.24) is 15.6 Å². The van der Waals surface area contributed by atoms with Crippen LogP contribution in [0.2, 0.25) is 0 Å². The summed E-state index contributed by atoms with van der Waals surface area (Å²) in [5, 5.41) is 9.59. The maximum Gasteiger partial charge on any atom is 0.271 e. The first kappa shape index (κ1) is 16.7. The molecule has 2 aliphatic rings. The molecule has 1 aliphatic heterocycles. The van der Waals surface area contributed by atoms with Crippen molar-refractivity contribution in [3.63, 3.8) is 0 Å². The second kappa shape index (κ2) is 6.91.